The highest BCUT2D eigenvalue weighted by molar-refractivity contribution is 7.97. The highest BCUT2D eigenvalue weighted by Gasteiger charge is 2.39. The lowest BCUT2D eigenvalue weighted by atomic mass is 9.95. The number of β-amino-alcohol motifs (C(OH)–C–C–N with tert-alkyl or cyclic N) is 1. The van der Waals surface area contributed by atoms with Crippen LogP contribution >= 0.6 is 11.8 Å². The third-order valence-corrected chi connectivity index (χ3v) is 3.46. The summed E-state index contributed by atoms with van der Waals surface area (Å²) in [7, 11) is 0. The summed E-state index contributed by atoms with van der Waals surface area (Å²) in [5, 5.41) is 9.62. The van der Waals surface area contributed by atoms with Crippen LogP contribution in [0.25, 0.3) is 0 Å². The second-order valence-corrected chi connectivity index (χ2v) is 5.66. The summed E-state index contributed by atoms with van der Waals surface area (Å²) in [6.07, 6.45) is 2.04. The first-order valence-electron chi connectivity index (χ1n) is 5.61. The van der Waals surface area contributed by atoms with Crippen molar-refractivity contribution in [2.75, 3.05) is 19.3 Å². The van der Waals surface area contributed by atoms with Crippen LogP contribution in [-0.2, 0) is 5.75 Å². The summed E-state index contributed by atoms with van der Waals surface area (Å²) in [5.41, 5.74) is 1.18. The third-order valence-electron chi connectivity index (χ3n) is 2.84. The fourth-order valence-electron chi connectivity index (χ4n) is 2.06. The van der Waals surface area contributed by atoms with E-state index in [2.05, 4.69) is 0 Å². The summed E-state index contributed by atoms with van der Waals surface area (Å²) in [6.45, 7) is 2.61. The van der Waals surface area contributed by atoms with Crippen molar-refractivity contribution in [2.45, 2.75) is 18.3 Å². The molecule has 0 unspecified atom stereocenters. The summed E-state index contributed by atoms with van der Waals surface area (Å²) in [5.74, 6) is 0.929. The van der Waals surface area contributed by atoms with Crippen molar-refractivity contribution in [1.82, 2.24) is 4.90 Å². The molecule has 1 aliphatic heterocycles. The van der Waals surface area contributed by atoms with Crippen LogP contribution in [0.15, 0.2) is 24.3 Å². The molecule has 1 aromatic carbocycles. The highest BCUT2D eigenvalue weighted by Crippen LogP contribution is 2.22. The number of thioether (sulfide) groups is 1. The number of amides is 1. The van der Waals surface area contributed by atoms with Crippen LogP contribution in [-0.4, -0.2) is 40.9 Å². The summed E-state index contributed by atoms with van der Waals surface area (Å²) in [4.78, 5) is 13.8. The number of hydrogen-bond donors (Lipinski definition) is 1. The number of carbonyl (C=O) groups is 1. The van der Waals surface area contributed by atoms with E-state index < -0.39 is 5.60 Å². The normalized spacial score (nSPS) is 17.7. The molecule has 17 heavy (non-hydrogen) atoms. The number of rotatable bonds is 3. The van der Waals surface area contributed by atoms with Crippen molar-refractivity contribution >= 4 is 17.7 Å². The summed E-state index contributed by atoms with van der Waals surface area (Å²) in [6, 6.07) is 7.71. The van der Waals surface area contributed by atoms with Crippen LogP contribution in [0.1, 0.15) is 22.8 Å². The van der Waals surface area contributed by atoms with E-state index in [9.17, 15) is 9.90 Å². The van der Waals surface area contributed by atoms with Crippen LogP contribution in [0.4, 0.5) is 0 Å². The van der Waals surface area contributed by atoms with Gasteiger partial charge in [-0.15, -0.1) is 0 Å². The van der Waals surface area contributed by atoms with Gasteiger partial charge in [0.2, 0.25) is 0 Å². The Morgan fingerprint density at radius 1 is 1.53 bits per heavy atom. The predicted molar refractivity (Wildman–Crippen MR) is 70.2 cm³/mol. The van der Waals surface area contributed by atoms with Gasteiger partial charge < -0.3 is 10.0 Å². The largest absolute Gasteiger partial charge is 0.386 e. The van der Waals surface area contributed by atoms with Crippen LogP contribution < -0.4 is 0 Å². The van der Waals surface area contributed by atoms with Crippen molar-refractivity contribution in [1.29, 1.82) is 0 Å². The fourth-order valence-corrected chi connectivity index (χ4v) is 2.58. The molecule has 1 aromatic rings. The van der Waals surface area contributed by atoms with Gasteiger partial charge in [-0.05, 0) is 30.9 Å². The minimum absolute atomic E-state index is 0.0134. The van der Waals surface area contributed by atoms with E-state index in [-0.39, 0.29) is 5.91 Å². The lowest BCUT2D eigenvalue weighted by molar-refractivity contribution is -0.0668. The minimum Gasteiger partial charge on any atom is -0.386 e. The molecule has 0 radical (unpaired) electrons. The molecule has 0 saturated carbocycles. The molecule has 0 atom stereocenters. The van der Waals surface area contributed by atoms with E-state index in [4.69, 9.17) is 0 Å². The molecule has 1 amide bonds. The Morgan fingerprint density at radius 2 is 2.24 bits per heavy atom. The van der Waals surface area contributed by atoms with Gasteiger partial charge in [-0.1, -0.05) is 12.1 Å². The molecule has 3 nitrogen and oxygen atoms in total. The van der Waals surface area contributed by atoms with E-state index in [1.807, 2.05) is 30.5 Å². The molecule has 0 spiro atoms. The number of carbonyl (C=O) groups excluding carboxylic acids is 1. The van der Waals surface area contributed by atoms with Crippen molar-refractivity contribution in [3.05, 3.63) is 35.4 Å². The van der Waals surface area contributed by atoms with E-state index in [1.165, 1.54) is 0 Å². The molecular weight excluding hydrogens is 234 g/mol. The average molecular weight is 251 g/mol. The number of benzene rings is 1. The minimum atomic E-state index is -0.702. The first-order chi connectivity index (χ1) is 8.02. The second kappa shape index (κ2) is 4.70. The second-order valence-electron chi connectivity index (χ2n) is 4.79. The van der Waals surface area contributed by atoms with Crippen molar-refractivity contribution in [3.8, 4) is 0 Å². The zero-order chi connectivity index (χ0) is 12.5. The SMILES string of the molecule is CSCc1cccc(C(=O)N2CC(C)(O)C2)c1. The van der Waals surface area contributed by atoms with Gasteiger partial charge in [0, 0.05) is 11.3 Å². The molecule has 4 heteroatoms. The van der Waals surface area contributed by atoms with Crippen LogP contribution in [0.5, 0.6) is 0 Å². The number of hydrogen-bond acceptors (Lipinski definition) is 3. The number of aliphatic hydroxyl groups is 1. The molecule has 0 aliphatic carbocycles. The van der Waals surface area contributed by atoms with Crippen LogP contribution in [0, 0.1) is 0 Å². The van der Waals surface area contributed by atoms with Crippen LogP contribution in [0.2, 0.25) is 0 Å². The lowest BCUT2D eigenvalue weighted by Gasteiger charge is -2.44. The van der Waals surface area contributed by atoms with E-state index in [0.717, 1.165) is 11.3 Å². The Kier molecular flexibility index (Phi) is 3.45. The number of nitrogens with zero attached hydrogens (tertiary/aromatic N) is 1. The van der Waals surface area contributed by atoms with Crippen LogP contribution in [0.3, 0.4) is 0 Å². The van der Waals surface area contributed by atoms with Gasteiger partial charge in [0.25, 0.3) is 5.91 Å². The Balaban J connectivity index is 2.07. The zero-order valence-electron chi connectivity index (χ0n) is 10.1. The topological polar surface area (TPSA) is 40.5 Å². The molecule has 0 bridgehead atoms. The van der Waals surface area contributed by atoms with Gasteiger partial charge in [-0.2, -0.15) is 11.8 Å². The first-order valence-corrected chi connectivity index (χ1v) is 7.01. The molecule has 1 saturated heterocycles. The molecule has 1 N–H and O–H groups in total. The predicted octanol–water partition coefficient (Wildman–Crippen LogP) is 1.76. The molecule has 1 fully saturated rings. The maximum absolute atomic E-state index is 12.1. The average Bonchev–Trinajstić information content (AvgIpc) is 2.26. The maximum atomic E-state index is 12.1. The zero-order valence-corrected chi connectivity index (χ0v) is 11.0. The van der Waals surface area contributed by atoms with E-state index in [0.29, 0.717) is 18.7 Å². The van der Waals surface area contributed by atoms with Gasteiger partial charge in [-0.3, -0.25) is 4.79 Å². The van der Waals surface area contributed by atoms with Crippen molar-refractivity contribution in [3.63, 3.8) is 0 Å². The van der Waals surface area contributed by atoms with E-state index >= 15 is 0 Å². The smallest absolute Gasteiger partial charge is 0.254 e. The van der Waals surface area contributed by atoms with Gasteiger partial charge in [0.1, 0.15) is 0 Å². The molecule has 1 aliphatic rings. The maximum Gasteiger partial charge on any atom is 0.254 e. The Morgan fingerprint density at radius 3 is 2.82 bits per heavy atom. The number of likely N-dealkylation sites (tertiary alicyclic amines) is 1. The first kappa shape index (κ1) is 12.5. The fraction of sp³-hybridized carbons (Fsp3) is 0.462. The van der Waals surface area contributed by atoms with Crippen molar-refractivity contribution in [2.24, 2.45) is 0 Å². The van der Waals surface area contributed by atoms with E-state index in [1.54, 1.807) is 23.6 Å². The molecule has 2 rings (SSSR count). The Bertz CT molecular complexity index is 423. The molecular formula is C13H17NO2S. The standard InChI is InChI=1S/C13H17NO2S/c1-13(16)8-14(9-13)12(15)11-5-3-4-10(6-11)7-17-2/h3-6,16H,7-9H2,1-2H3. The van der Waals surface area contributed by atoms with Gasteiger partial charge in [-0.25, -0.2) is 0 Å². The quantitative estimate of drug-likeness (QED) is 0.890. The molecule has 92 valence electrons. The summed E-state index contributed by atoms with van der Waals surface area (Å²) < 4.78 is 0. The Labute approximate surface area is 106 Å². The lowest BCUT2D eigenvalue weighted by Crippen LogP contribution is -2.61. The Hall–Kier alpha value is -1.00. The van der Waals surface area contributed by atoms with Gasteiger partial charge in [0.05, 0.1) is 18.7 Å². The molecule has 1 heterocycles. The monoisotopic (exact) mass is 251 g/mol. The third kappa shape index (κ3) is 2.82. The summed E-state index contributed by atoms with van der Waals surface area (Å²) >= 11 is 1.74. The van der Waals surface area contributed by atoms with Gasteiger partial charge >= 0.3 is 0 Å². The molecule has 0 aromatic heterocycles. The highest BCUT2D eigenvalue weighted by atomic mass is 32.2. The van der Waals surface area contributed by atoms with Crippen molar-refractivity contribution < 1.29 is 9.90 Å². The van der Waals surface area contributed by atoms with Gasteiger partial charge in [0.15, 0.2) is 0 Å².